The number of carbonyl (C=O) groups is 9. The summed E-state index contributed by atoms with van der Waals surface area (Å²) < 4.78 is 6.05. The van der Waals surface area contributed by atoms with E-state index < -0.39 is 104 Å². The van der Waals surface area contributed by atoms with Gasteiger partial charge < -0.3 is 45.6 Å². The Kier molecular flexibility index (Phi) is 80.3. The van der Waals surface area contributed by atoms with Gasteiger partial charge in [0.25, 0.3) is 0 Å². The summed E-state index contributed by atoms with van der Waals surface area (Å²) in [5.41, 5.74) is 0. The van der Waals surface area contributed by atoms with Gasteiger partial charge in [0.05, 0.1) is 114 Å². The van der Waals surface area contributed by atoms with E-state index in [2.05, 4.69) is 52.8 Å². The smallest absolute Gasteiger partial charge is 0.305 e. The highest BCUT2D eigenvalue weighted by Crippen LogP contribution is 2.42. The summed E-state index contributed by atoms with van der Waals surface area (Å²) in [7, 11) is -12.7. The van der Waals surface area contributed by atoms with E-state index in [0.717, 1.165) is 123 Å². The van der Waals surface area contributed by atoms with E-state index in [9.17, 15) is 84.0 Å². The quantitative estimate of drug-likeness (QED) is 0.0159. The number of rotatable bonds is 99. The van der Waals surface area contributed by atoms with Crippen LogP contribution in [0.2, 0.25) is 173 Å². The second-order valence-electron chi connectivity index (χ2n) is 39.3. The molecule has 0 aromatic rings. The minimum Gasteiger partial charge on any atom is -0.481 e. The number of unbranched alkanes of at least 4 members (excludes halogenated alkanes) is 13. The summed E-state index contributed by atoms with van der Waals surface area (Å²) >= 11 is 14.1. The highest BCUT2D eigenvalue weighted by atomic mass is 32.2. The van der Waals surface area contributed by atoms with Gasteiger partial charge in [-0.2, -0.15) is 94.1 Å². The molecule has 0 aliphatic carbocycles. The highest BCUT2D eigenvalue weighted by molar-refractivity contribution is 8.00. The van der Waals surface area contributed by atoms with Crippen LogP contribution in [0.4, 0.5) is 0 Å². The van der Waals surface area contributed by atoms with Gasteiger partial charge in [-0.1, -0.05) is 302 Å². The van der Waals surface area contributed by atoms with Crippen LogP contribution in [0.5, 0.6) is 0 Å². The van der Waals surface area contributed by atoms with Crippen LogP contribution in [0, 0.1) is 0 Å². The molecular weight excluding hydrogens is 1860 g/mol. The number of carboxylic acids is 8. The van der Waals surface area contributed by atoms with Crippen molar-refractivity contribution in [2.24, 2.45) is 0 Å². The lowest BCUT2D eigenvalue weighted by Gasteiger charge is -2.36. The Balaban J connectivity index is 7.82. The van der Waals surface area contributed by atoms with Gasteiger partial charge in [-0.3, -0.25) is 43.2 Å². The molecule has 740 valence electrons. The molecule has 0 fully saturated rings. The molecule has 0 aliphatic heterocycles. The third-order valence-corrected chi connectivity index (χ3v) is 67.9. The molecule has 0 saturated carbocycles. The van der Waals surface area contributed by atoms with Gasteiger partial charge in [0, 0.05) is 52.4 Å². The first kappa shape index (κ1) is 126. The van der Waals surface area contributed by atoms with Crippen LogP contribution in [0.25, 0.3) is 0 Å². The normalized spacial score (nSPS) is 12.5. The molecule has 0 spiro atoms. The van der Waals surface area contributed by atoms with Crippen LogP contribution >= 0.6 is 94.1 Å². The molecule has 0 saturated heterocycles. The van der Waals surface area contributed by atoms with E-state index in [4.69, 9.17) is 4.74 Å². The van der Waals surface area contributed by atoms with Crippen molar-refractivity contribution in [3.63, 3.8) is 0 Å². The first-order valence-electron chi connectivity index (χ1n) is 49.6. The molecule has 126 heavy (non-hydrogen) atoms. The molecule has 0 aliphatic rings. The van der Waals surface area contributed by atoms with Crippen molar-refractivity contribution in [1.29, 1.82) is 0 Å². The van der Waals surface area contributed by atoms with Crippen molar-refractivity contribution in [2.75, 3.05) is 98.7 Å². The van der Waals surface area contributed by atoms with E-state index in [1.165, 1.54) is 236 Å². The fourth-order valence-electron chi connectivity index (χ4n) is 18.4. The third-order valence-electron chi connectivity index (χ3n) is 26.5. The van der Waals surface area contributed by atoms with Crippen LogP contribution < -0.4 is 0 Å². The molecule has 0 aromatic carbocycles. The Morgan fingerprint density at radius 3 is 0.500 bits per heavy atom. The van der Waals surface area contributed by atoms with Crippen molar-refractivity contribution in [3.05, 3.63) is 0 Å². The van der Waals surface area contributed by atoms with Gasteiger partial charge in [0.2, 0.25) is 0 Å². The zero-order valence-electron chi connectivity index (χ0n) is 80.7. The average Bonchev–Trinajstić information content (AvgIpc) is 0.854. The summed E-state index contributed by atoms with van der Waals surface area (Å²) in [5.74, 6) is 6.73. The SMILES string of the molecule is CCCCCCCCCCCCCCCC(=O)OCCCC[Si](C)(CCC[Si](C)(CCC[Si](C)(CCCSCCC(=O)O)CCCSCCC(=O)O)CCC[Si](C)(CCCSCCC(=O)O)CCCSCCC(=O)O)CCC[Si](C)(CCC[Si](C)(CCCSCCC(=O)O)CCCSCCC(=O)O)CCC[Si](C)(CCCSCCC(=O)O)CCCSCCC(=O)O. The Bertz CT molecular complexity index is 2430. The zero-order valence-corrected chi connectivity index (χ0v) is 94.2. The Hall–Kier alpha value is -0.452. The van der Waals surface area contributed by atoms with Gasteiger partial charge in [0.15, 0.2) is 0 Å². The summed E-state index contributed by atoms with van der Waals surface area (Å²) in [6.45, 7) is 21.5. The molecule has 8 N–H and O–H groups in total. The predicted molar refractivity (Wildman–Crippen MR) is 574 cm³/mol. The Morgan fingerprint density at radius 1 is 0.183 bits per heavy atom. The molecule has 0 aromatic heterocycles. The first-order chi connectivity index (χ1) is 60.0. The van der Waals surface area contributed by atoms with Gasteiger partial charge in [0.1, 0.15) is 0 Å². The molecule has 18 nitrogen and oxygen atoms in total. The van der Waals surface area contributed by atoms with Gasteiger partial charge in [-0.05, 0) is 110 Å². The van der Waals surface area contributed by atoms with Crippen LogP contribution in [-0.4, -0.2) is 250 Å². The Labute approximate surface area is 808 Å². The van der Waals surface area contributed by atoms with Gasteiger partial charge in [-0.15, -0.1) is 0 Å². The second-order valence-corrected chi connectivity index (χ2v) is 85.0. The molecule has 0 bridgehead atoms. The van der Waals surface area contributed by atoms with E-state index in [1.807, 2.05) is 0 Å². The van der Waals surface area contributed by atoms with Crippen LogP contribution in [-0.2, 0) is 47.9 Å². The van der Waals surface area contributed by atoms with Crippen molar-refractivity contribution in [2.45, 2.75) is 424 Å². The lowest BCUT2D eigenvalue weighted by molar-refractivity contribution is -0.144. The van der Waals surface area contributed by atoms with Crippen LogP contribution in [0.1, 0.15) is 251 Å². The third kappa shape index (κ3) is 80.8. The van der Waals surface area contributed by atoms with Crippen LogP contribution in [0.15, 0.2) is 0 Å². The van der Waals surface area contributed by atoms with Crippen molar-refractivity contribution >= 4 is 204 Å². The summed E-state index contributed by atoms with van der Waals surface area (Å²) in [4.78, 5) is 105. The largest absolute Gasteiger partial charge is 0.481 e. The number of aliphatic carboxylic acids is 8. The maximum absolute atomic E-state index is 13.4. The standard InChI is InChI=1S/C93H184O18S8Si7/c1-9-10-11-12-13-14-15-16-17-18-19-20-21-38-93(110)111-47-22-23-64-120(2,73-32-79-125(7,81-34-75-121(3,65-24-48-112-56-39-85(94)95)66-25-49-113-57-40-86(96)97)82-35-76-122(4,67-26-50-114-58-41-87(98)99)68-27-51-115-59-42-88(100)101)74-33-80-126(8,83-36-77-123(5,69-28-52-116-60-43-89(102)103)70-29-53-117-61-44-90(104)105)84-37-78-124(6,71-30-54-118-62-45-91(106)107)72-31-55-119-63-46-92(108)109/h9-84H2,1-8H3,(H,94,95)(H,96,97)(H,98,99)(H,100,101)(H,102,103)(H,104,105)(H,106,107)(H,108,109). The molecule has 0 radical (unpaired) electrons. The molecule has 33 heteroatoms. The molecule has 0 atom stereocenters. The molecule has 0 heterocycles. The number of thioether (sulfide) groups is 8. The number of esters is 1. The lowest BCUT2D eigenvalue weighted by atomic mass is 10.0. The molecule has 0 amide bonds. The minimum atomic E-state index is -1.92. The molecular formula is C93H184O18S8Si7. The summed E-state index contributed by atoms with van der Waals surface area (Å²) in [6.07, 6.45) is 36.5. The average molecular weight is 2040 g/mol. The van der Waals surface area contributed by atoms with Crippen molar-refractivity contribution in [3.8, 4) is 0 Å². The van der Waals surface area contributed by atoms with Gasteiger partial charge >= 0.3 is 53.7 Å². The van der Waals surface area contributed by atoms with E-state index in [0.29, 0.717) is 59.1 Å². The van der Waals surface area contributed by atoms with Crippen molar-refractivity contribution < 1.29 is 88.7 Å². The van der Waals surface area contributed by atoms with Crippen LogP contribution in [0.3, 0.4) is 0 Å². The maximum Gasteiger partial charge on any atom is 0.305 e. The topological polar surface area (TPSA) is 325 Å². The Morgan fingerprint density at radius 2 is 0.333 bits per heavy atom. The minimum absolute atomic E-state index is 0.0561. The number of carboxylic acid groups (broad SMARTS) is 8. The number of hydrogen-bond acceptors (Lipinski definition) is 18. The fraction of sp³-hybridized carbons (Fsp3) is 0.903. The maximum atomic E-state index is 13.4. The monoisotopic (exact) mass is 2040 g/mol. The van der Waals surface area contributed by atoms with E-state index >= 15 is 0 Å². The van der Waals surface area contributed by atoms with Crippen molar-refractivity contribution in [1.82, 2.24) is 0 Å². The highest BCUT2D eigenvalue weighted by Gasteiger charge is 2.37. The number of carbonyl (C=O) groups excluding carboxylic acids is 1. The first-order valence-corrected chi connectivity index (χ1v) is 80.6. The zero-order chi connectivity index (χ0) is 93.8. The summed E-state index contributed by atoms with van der Waals surface area (Å²) in [6, 6.07) is 26.5. The fourth-order valence-corrected chi connectivity index (χ4v) is 56.5. The van der Waals surface area contributed by atoms with E-state index in [1.54, 1.807) is 94.1 Å². The van der Waals surface area contributed by atoms with Gasteiger partial charge in [-0.25, -0.2) is 0 Å². The lowest BCUT2D eigenvalue weighted by Crippen LogP contribution is -2.37. The number of hydrogen-bond donors (Lipinski definition) is 8. The molecule has 0 rings (SSSR count). The predicted octanol–water partition coefficient (Wildman–Crippen LogP) is 28.5. The van der Waals surface area contributed by atoms with E-state index in [-0.39, 0.29) is 57.3 Å². The second kappa shape index (κ2) is 80.6. The summed E-state index contributed by atoms with van der Waals surface area (Å²) in [5, 5.41) is 75.3. The molecule has 0 unspecified atom stereocenters. The number of ether oxygens (including phenoxy) is 1.